The summed E-state index contributed by atoms with van der Waals surface area (Å²) in [5.74, 6) is 0.894. The molecule has 1 aliphatic heterocycles. The number of sulfonamides is 1. The fourth-order valence-electron chi connectivity index (χ4n) is 4.79. The van der Waals surface area contributed by atoms with Crippen molar-refractivity contribution in [2.75, 3.05) is 50.9 Å². The second-order valence-electron chi connectivity index (χ2n) is 11.0. The lowest BCUT2D eigenvalue weighted by Crippen LogP contribution is -2.47. The third-order valence-electron chi connectivity index (χ3n) is 7.11. The number of hydrogen-bond acceptors (Lipinski definition) is 7. The summed E-state index contributed by atoms with van der Waals surface area (Å²) in [5, 5.41) is 10.0. The van der Waals surface area contributed by atoms with Gasteiger partial charge in [-0.3, -0.25) is 9.52 Å². The molecule has 1 aliphatic carbocycles. The number of carbonyl (C=O) groups is 1. The molecule has 1 saturated carbocycles. The summed E-state index contributed by atoms with van der Waals surface area (Å²) in [6, 6.07) is 4.33. The molecule has 0 spiro atoms. The molecule has 210 valence electrons. The smallest absolute Gasteiger partial charge is 0.258 e. The second kappa shape index (κ2) is 13.3. The van der Waals surface area contributed by atoms with Crippen molar-refractivity contribution in [2.24, 2.45) is 11.8 Å². The molecule has 9 nitrogen and oxygen atoms in total. The van der Waals surface area contributed by atoms with Crippen LogP contribution in [-0.4, -0.2) is 93.6 Å². The van der Waals surface area contributed by atoms with Crippen molar-refractivity contribution in [3.8, 4) is 5.75 Å². The molecule has 0 bridgehead atoms. The van der Waals surface area contributed by atoms with Gasteiger partial charge in [-0.25, -0.2) is 8.42 Å². The highest BCUT2D eigenvalue weighted by Crippen LogP contribution is 2.30. The van der Waals surface area contributed by atoms with Crippen LogP contribution in [0.25, 0.3) is 0 Å². The number of likely N-dealkylation sites (N-methyl/N-ethyl adjacent to an activating group) is 1. The Balaban J connectivity index is 1.93. The third-order valence-corrected chi connectivity index (χ3v) is 7.72. The molecule has 3 rings (SSSR count). The number of carbonyl (C=O) groups excluding carboxylic acids is 1. The first-order valence-electron chi connectivity index (χ1n) is 13.5. The molecule has 0 aromatic heterocycles. The molecule has 1 amide bonds. The number of nitrogens with one attached hydrogen (secondary N) is 1. The van der Waals surface area contributed by atoms with E-state index >= 15 is 0 Å². The van der Waals surface area contributed by atoms with E-state index in [2.05, 4.69) is 23.6 Å². The maximum absolute atomic E-state index is 14.0. The van der Waals surface area contributed by atoms with Gasteiger partial charge in [-0.1, -0.05) is 6.92 Å². The molecule has 1 heterocycles. The summed E-state index contributed by atoms with van der Waals surface area (Å²) in [6.07, 6.45) is 6.12. The van der Waals surface area contributed by atoms with Crippen molar-refractivity contribution in [3.05, 3.63) is 23.8 Å². The maximum Gasteiger partial charge on any atom is 0.258 e. The van der Waals surface area contributed by atoms with Crippen LogP contribution in [0.5, 0.6) is 5.75 Å². The van der Waals surface area contributed by atoms with Gasteiger partial charge in [0.05, 0.1) is 36.7 Å². The Hall–Kier alpha value is -1.88. The first-order chi connectivity index (χ1) is 17.5. The summed E-state index contributed by atoms with van der Waals surface area (Å²) in [4.78, 5) is 18.0. The van der Waals surface area contributed by atoms with Gasteiger partial charge in [-0.05, 0) is 77.1 Å². The molecule has 37 heavy (non-hydrogen) atoms. The van der Waals surface area contributed by atoms with Crippen LogP contribution in [0.15, 0.2) is 18.2 Å². The molecule has 2 aliphatic rings. The Kier molecular flexibility index (Phi) is 10.6. The predicted molar refractivity (Wildman–Crippen MR) is 146 cm³/mol. The highest BCUT2D eigenvalue weighted by atomic mass is 32.2. The molecule has 0 radical (unpaired) electrons. The van der Waals surface area contributed by atoms with Crippen LogP contribution in [0.3, 0.4) is 0 Å². The third kappa shape index (κ3) is 9.42. The zero-order valence-electron chi connectivity index (χ0n) is 23.0. The Morgan fingerprint density at radius 2 is 1.92 bits per heavy atom. The second-order valence-corrected chi connectivity index (χ2v) is 12.8. The van der Waals surface area contributed by atoms with E-state index in [1.165, 1.54) is 18.9 Å². The molecular weight excluding hydrogens is 494 g/mol. The van der Waals surface area contributed by atoms with Gasteiger partial charge in [0.15, 0.2) is 0 Å². The maximum atomic E-state index is 14.0. The highest BCUT2D eigenvalue weighted by Gasteiger charge is 2.31. The van der Waals surface area contributed by atoms with Crippen molar-refractivity contribution < 1.29 is 27.8 Å². The van der Waals surface area contributed by atoms with E-state index < -0.39 is 16.1 Å². The van der Waals surface area contributed by atoms with Crippen LogP contribution in [0.2, 0.25) is 0 Å². The minimum Gasteiger partial charge on any atom is -0.490 e. The molecule has 10 heteroatoms. The van der Waals surface area contributed by atoms with Gasteiger partial charge in [-0.2, -0.15) is 0 Å². The summed E-state index contributed by atoms with van der Waals surface area (Å²) in [6.45, 7) is 8.56. The lowest BCUT2D eigenvalue weighted by molar-refractivity contribution is -0.0172. The van der Waals surface area contributed by atoms with E-state index in [9.17, 15) is 18.3 Å². The zero-order chi connectivity index (χ0) is 27.2. The van der Waals surface area contributed by atoms with Crippen LogP contribution in [0.4, 0.5) is 5.69 Å². The Morgan fingerprint density at radius 1 is 1.19 bits per heavy atom. The highest BCUT2D eigenvalue weighted by molar-refractivity contribution is 7.92. The van der Waals surface area contributed by atoms with E-state index in [-0.39, 0.29) is 36.2 Å². The van der Waals surface area contributed by atoms with E-state index in [0.717, 1.165) is 44.5 Å². The number of hydrogen-bond donors (Lipinski definition) is 2. The van der Waals surface area contributed by atoms with Crippen molar-refractivity contribution in [1.82, 2.24) is 9.80 Å². The molecular formula is C27H45N3O6S. The molecule has 2 N–H and O–H groups in total. The van der Waals surface area contributed by atoms with Crippen molar-refractivity contribution in [2.45, 2.75) is 71.1 Å². The largest absolute Gasteiger partial charge is 0.490 e. The average Bonchev–Trinajstić information content (AvgIpc) is 3.63. The minimum absolute atomic E-state index is 0.0168. The quantitative estimate of drug-likeness (QED) is 0.522. The van der Waals surface area contributed by atoms with Crippen molar-refractivity contribution >= 4 is 21.6 Å². The monoisotopic (exact) mass is 539 g/mol. The summed E-state index contributed by atoms with van der Waals surface area (Å²) >= 11 is 0. The van der Waals surface area contributed by atoms with Crippen molar-refractivity contribution in [1.29, 1.82) is 0 Å². The number of nitrogens with zero attached hydrogens (tertiary/aromatic N) is 2. The van der Waals surface area contributed by atoms with Gasteiger partial charge < -0.3 is 24.4 Å². The number of aliphatic hydroxyl groups is 1. The Labute approximate surface area is 222 Å². The molecule has 0 unspecified atom stereocenters. The predicted octanol–water partition coefficient (Wildman–Crippen LogP) is 3.20. The fraction of sp³-hybridized carbons (Fsp3) is 0.741. The first-order valence-corrected chi connectivity index (χ1v) is 15.4. The van der Waals surface area contributed by atoms with Gasteiger partial charge >= 0.3 is 0 Å². The van der Waals surface area contributed by atoms with Gasteiger partial charge in [0.1, 0.15) is 5.75 Å². The number of fused-ring (bicyclic) bond motifs is 1. The van der Waals surface area contributed by atoms with E-state index in [1.807, 2.05) is 13.8 Å². The lowest BCUT2D eigenvalue weighted by atomic mass is 10.0. The SMILES string of the molecule is C[C@@H]1CCCCO[C@H](CN(C)CC2CC2)[C@H](C)CN([C@@H](C)CO)C(=O)c2cc(NS(C)(=O)=O)ccc2O1. The normalized spacial score (nSPS) is 25.2. The number of benzene rings is 1. The van der Waals surface area contributed by atoms with Crippen LogP contribution >= 0.6 is 0 Å². The van der Waals surface area contributed by atoms with Gasteiger partial charge in [0.25, 0.3) is 5.91 Å². The molecule has 1 aromatic rings. The van der Waals surface area contributed by atoms with Gasteiger partial charge in [0.2, 0.25) is 10.0 Å². The van der Waals surface area contributed by atoms with E-state index in [0.29, 0.717) is 24.6 Å². The molecule has 1 aromatic carbocycles. The Morgan fingerprint density at radius 3 is 2.57 bits per heavy atom. The van der Waals surface area contributed by atoms with Gasteiger partial charge in [0, 0.05) is 37.8 Å². The molecule has 0 saturated heterocycles. The average molecular weight is 540 g/mol. The molecule has 4 atom stereocenters. The summed E-state index contributed by atoms with van der Waals surface area (Å²) in [5.41, 5.74) is 0.563. The van der Waals surface area contributed by atoms with Crippen molar-refractivity contribution in [3.63, 3.8) is 0 Å². The topological polar surface area (TPSA) is 108 Å². The van der Waals surface area contributed by atoms with Crippen LogP contribution in [0.1, 0.15) is 63.2 Å². The standard InChI is InChI=1S/C27H45N3O6S/c1-19-15-30(20(2)18-31)27(32)24-14-23(28-37(5,33)34)11-12-25(24)36-21(3)8-6-7-13-35-26(19)17-29(4)16-22-9-10-22/h11-12,14,19-22,26,28,31H,6-10,13,15-18H2,1-5H3/t19-,20+,21-,26-/m1/s1. The fourth-order valence-corrected chi connectivity index (χ4v) is 5.34. The van der Waals surface area contributed by atoms with Gasteiger partial charge in [-0.15, -0.1) is 0 Å². The summed E-state index contributed by atoms with van der Waals surface area (Å²) in [7, 11) is -1.39. The summed E-state index contributed by atoms with van der Waals surface area (Å²) < 4.78 is 38.7. The number of ether oxygens (including phenoxy) is 2. The van der Waals surface area contributed by atoms with Crippen LogP contribution in [0, 0.1) is 11.8 Å². The first kappa shape index (κ1) is 29.7. The number of aliphatic hydroxyl groups excluding tert-OH is 1. The van der Waals surface area contributed by atoms with E-state index in [1.54, 1.807) is 17.0 Å². The lowest BCUT2D eigenvalue weighted by Gasteiger charge is -2.36. The number of amides is 1. The molecule has 1 fully saturated rings. The Bertz CT molecular complexity index is 1000. The minimum atomic E-state index is -3.52. The number of rotatable bonds is 8. The number of anilines is 1. The zero-order valence-corrected chi connectivity index (χ0v) is 23.8. The van der Waals surface area contributed by atoms with Crippen LogP contribution < -0.4 is 9.46 Å². The van der Waals surface area contributed by atoms with Crippen LogP contribution in [-0.2, 0) is 14.8 Å². The van der Waals surface area contributed by atoms with E-state index in [4.69, 9.17) is 9.47 Å².